The number of amides is 1. The number of para-hydroxylation sites is 2. The van der Waals surface area contributed by atoms with Crippen LogP contribution in [0.25, 0.3) is 0 Å². The van der Waals surface area contributed by atoms with Crippen molar-refractivity contribution < 1.29 is 19.1 Å². The number of ether oxygens (including phenoxy) is 2. The number of carbonyl (C=O) groups excluding carboxylic acids is 2. The van der Waals surface area contributed by atoms with E-state index in [1.54, 1.807) is 42.5 Å². The van der Waals surface area contributed by atoms with Crippen LogP contribution in [0.15, 0.2) is 61.3 Å². The van der Waals surface area contributed by atoms with Crippen LogP contribution in [0.2, 0.25) is 5.02 Å². The standard InChI is InChI=1S/C23H22ClN5O4/c1-4-21(31)26-16-7-5-6-8-17(16)27-22-15(24)12-25-23(29-22)28-18-11-14(19(30)13-32-2)9-10-20(18)33-3/h4-12H,1,13H2,2-3H3,(H,26,31)(H2,25,27,28,29). The molecule has 3 N–H and O–H groups in total. The molecule has 0 aliphatic rings. The second-order valence-electron chi connectivity index (χ2n) is 6.65. The first-order valence-corrected chi connectivity index (χ1v) is 10.1. The molecule has 0 radical (unpaired) electrons. The maximum absolute atomic E-state index is 12.2. The highest BCUT2D eigenvalue weighted by Crippen LogP contribution is 2.31. The van der Waals surface area contributed by atoms with Crippen molar-refractivity contribution in [1.29, 1.82) is 0 Å². The van der Waals surface area contributed by atoms with Crippen LogP contribution in [0.3, 0.4) is 0 Å². The van der Waals surface area contributed by atoms with E-state index >= 15 is 0 Å². The van der Waals surface area contributed by atoms with Crippen LogP contribution in [-0.2, 0) is 9.53 Å². The van der Waals surface area contributed by atoms with Crippen LogP contribution >= 0.6 is 11.6 Å². The number of rotatable bonds is 10. The highest BCUT2D eigenvalue weighted by atomic mass is 35.5. The molecule has 0 bridgehead atoms. The number of hydrogen-bond acceptors (Lipinski definition) is 8. The quantitative estimate of drug-likeness (QED) is 0.293. The molecule has 0 fully saturated rings. The van der Waals surface area contributed by atoms with Crippen molar-refractivity contribution in [3.8, 4) is 5.75 Å². The third-order valence-corrected chi connectivity index (χ3v) is 4.69. The zero-order valence-electron chi connectivity index (χ0n) is 18.0. The fourth-order valence-electron chi connectivity index (χ4n) is 2.84. The molecule has 9 nitrogen and oxygen atoms in total. The lowest BCUT2D eigenvalue weighted by atomic mass is 10.1. The second kappa shape index (κ2) is 11.1. The number of methoxy groups -OCH3 is 2. The van der Waals surface area contributed by atoms with Crippen LogP contribution in [0, 0.1) is 0 Å². The van der Waals surface area contributed by atoms with Gasteiger partial charge in [-0.25, -0.2) is 4.98 Å². The maximum atomic E-state index is 12.2. The Morgan fingerprint density at radius 2 is 1.85 bits per heavy atom. The van der Waals surface area contributed by atoms with Crippen molar-refractivity contribution in [2.75, 3.05) is 36.8 Å². The summed E-state index contributed by atoms with van der Waals surface area (Å²) in [5, 5.41) is 9.13. The molecule has 0 saturated carbocycles. The number of nitrogens with zero attached hydrogens (tertiary/aromatic N) is 2. The first-order chi connectivity index (χ1) is 15.9. The van der Waals surface area contributed by atoms with Gasteiger partial charge in [-0.2, -0.15) is 4.98 Å². The van der Waals surface area contributed by atoms with E-state index in [1.807, 2.05) is 0 Å². The van der Waals surface area contributed by atoms with Gasteiger partial charge in [-0.3, -0.25) is 9.59 Å². The van der Waals surface area contributed by atoms with E-state index in [9.17, 15) is 9.59 Å². The molecule has 10 heteroatoms. The van der Waals surface area contributed by atoms with E-state index in [0.29, 0.717) is 34.2 Å². The van der Waals surface area contributed by atoms with Crippen LogP contribution in [-0.4, -0.2) is 42.5 Å². The van der Waals surface area contributed by atoms with Gasteiger partial charge in [0.1, 0.15) is 17.4 Å². The monoisotopic (exact) mass is 467 g/mol. The van der Waals surface area contributed by atoms with Crippen molar-refractivity contribution in [2.24, 2.45) is 0 Å². The van der Waals surface area contributed by atoms with Crippen molar-refractivity contribution in [3.63, 3.8) is 0 Å². The largest absolute Gasteiger partial charge is 0.495 e. The Hall–Kier alpha value is -3.95. The van der Waals surface area contributed by atoms with Gasteiger partial charge in [0.25, 0.3) is 0 Å². The summed E-state index contributed by atoms with van der Waals surface area (Å²) in [6.45, 7) is 3.41. The van der Waals surface area contributed by atoms with Crippen molar-refractivity contribution >= 4 is 52.1 Å². The summed E-state index contributed by atoms with van der Waals surface area (Å²) >= 11 is 6.29. The Kier molecular flexibility index (Phi) is 7.96. The molecule has 170 valence electrons. The highest BCUT2D eigenvalue weighted by Gasteiger charge is 2.14. The lowest BCUT2D eigenvalue weighted by Gasteiger charge is -2.15. The van der Waals surface area contributed by atoms with Gasteiger partial charge in [-0.1, -0.05) is 30.3 Å². The molecule has 3 rings (SSSR count). The van der Waals surface area contributed by atoms with Crippen LogP contribution < -0.4 is 20.7 Å². The molecule has 0 atom stereocenters. The fraction of sp³-hybridized carbons (Fsp3) is 0.130. The summed E-state index contributed by atoms with van der Waals surface area (Å²) in [4.78, 5) is 32.5. The van der Waals surface area contributed by atoms with E-state index in [2.05, 4.69) is 32.5 Å². The molecule has 0 unspecified atom stereocenters. The number of halogens is 1. The topological polar surface area (TPSA) is 114 Å². The van der Waals surface area contributed by atoms with E-state index in [0.717, 1.165) is 0 Å². The van der Waals surface area contributed by atoms with Crippen molar-refractivity contribution in [1.82, 2.24) is 9.97 Å². The van der Waals surface area contributed by atoms with Gasteiger partial charge in [-0.15, -0.1) is 0 Å². The fourth-order valence-corrected chi connectivity index (χ4v) is 2.98. The van der Waals surface area contributed by atoms with Gasteiger partial charge in [0.15, 0.2) is 11.6 Å². The molecule has 1 aromatic heterocycles. The normalized spacial score (nSPS) is 10.3. The molecule has 2 aromatic carbocycles. The minimum atomic E-state index is -0.351. The lowest BCUT2D eigenvalue weighted by molar-refractivity contribution is -0.111. The third-order valence-electron chi connectivity index (χ3n) is 4.41. The van der Waals surface area contributed by atoms with E-state index in [-0.39, 0.29) is 29.3 Å². The van der Waals surface area contributed by atoms with Gasteiger partial charge < -0.3 is 25.4 Å². The number of nitrogens with one attached hydrogen (secondary N) is 3. The molecular weight excluding hydrogens is 446 g/mol. The van der Waals surface area contributed by atoms with Gasteiger partial charge >= 0.3 is 0 Å². The average molecular weight is 468 g/mol. The number of ketones is 1. The molecular formula is C23H22ClN5O4. The number of benzene rings is 2. The Morgan fingerprint density at radius 3 is 2.55 bits per heavy atom. The highest BCUT2D eigenvalue weighted by molar-refractivity contribution is 6.33. The summed E-state index contributed by atoms with van der Waals surface area (Å²) in [6, 6.07) is 12.0. The van der Waals surface area contributed by atoms with Gasteiger partial charge in [0.05, 0.1) is 30.4 Å². The molecule has 3 aromatic rings. The Bertz CT molecular complexity index is 1190. The van der Waals surface area contributed by atoms with Crippen molar-refractivity contribution in [2.45, 2.75) is 0 Å². The van der Waals surface area contributed by atoms with Gasteiger partial charge in [-0.05, 0) is 36.4 Å². The third kappa shape index (κ3) is 6.06. The first-order valence-electron chi connectivity index (χ1n) is 9.74. The Labute approximate surface area is 195 Å². The summed E-state index contributed by atoms with van der Waals surface area (Å²) in [6.07, 6.45) is 2.60. The molecule has 33 heavy (non-hydrogen) atoms. The van der Waals surface area contributed by atoms with Crippen molar-refractivity contribution in [3.05, 3.63) is 71.9 Å². The minimum Gasteiger partial charge on any atom is -0.495 e. The van der Waals surface area contributed by atoms with Crippen LogP contribution in [0.1, 0.15) is 10.4 Å². The lowest BCUT2D eigenvalue weighted by Crippen LogP contribution is -2.10. The summed E-state index contributed by atoms with van der Waals surface area (Å²) in [5.41, 5.74) is 2.03. The smallest absolute Gasteiger partial charge is 0.247 e. The average Bonchev–Trinajstić information content (AvgIpc) is 2.82. The summed E-state index contributed by atoms with van der Waals surface area (Å²) in [7, 11) is 2.97. The van der Waals surface area contributed by atoms with E-state index in [4.69, 9.17) is 21.1 Å². The molecule has 0 saturated heterocycles. The van der Waals surface area contributed by atoms with Crippen LogP contribution in [0.4, 0.5) is 28.8 Å². The van der Waals surface area contributed by atoms with Crippen LogP contribution in [0.5, 0.6) is 5.75 Å². The molecule has 1 amide bonds. The minimum absolute atomic E-state index is 0.0426. The van der Waals surface area contributed by atoms with Gasteiger partial charge in [0, 0.05) is 12.7 Å². The molecule has 0 aliphatic carbocycles. The molecule has 0 aliphatic heterocycles. The van der Waals surface area contributed by atoms with E-state index in [1.165, 1.54) is 26.5 Å². The zero-order valence-corrected chi connectivity index (χ0v) is 18.8. The number of carbonyl (C=O) groups is 2. The maximum Gasteiger partial charge on any atom is 0.247 e. The predicted molar refractivity (Wildman–Crippen MR) is 128 cm³/mol. The van der Waals surface area contributed by atoms with E-state index < -0.39 is 0 Å². The SMILES string of the molecule is C=CC(=O)Nc1ccccc1Nc1nc(Nc2cc(C(=O)COC)ccc2OC)ncc1Cl. The Morgan fingerprint density at radius 1 is 1.09 bits per heavy atom. The molecule has 1 heterocycles. The Balaban J connectivity index is 1.89. The number of Topliss-reactive ketones (excluding diaryl/α,β-unsaturated/α-hetero) is 1. The summed E-state index contributed by atoms with van der Waals surface area (Å²) in [5.74, 6) is 0.481. The summed E-state index contributed by atoms with van der Waals surface area (Å²) < 4.78 is 10.3. The number of anilines is 5. The molecule has 0 spiro atoms. The predicted octanol–water partition coefficient (Wildman–Crippen LogP) is 4.58. The number of aromatic nitrogens is 2. The number of hydrogen-bond donors (Lipinski definition) is 3. The first kappa shape index (κ1) is 23.7. The zero-order chi connectivity index (χ0) is 23.8. The second-order valence-corrected chi connectivity index (χ2v) is 7.06. The van der Waals surface area contributed by atoms with Gasteiger partial charge in [0.2, 0.25) is 11.9 Å².